The van der Waals surface area contributed by atoms with Gasteiger partial charge < -0.3 is 10.6 Å². The van der Waals surface area contributed by atoms with Gasteiger partial charge in [0.25, 0.3) is 0 Å². The molecule has 1 fully saturated rings. The lowest BCUT2D eigenvalue weighted by Gasteiger charge is -2.24. The van der Waals surface area contributed by atoms with Crippen LogP contribution in [0.3, 0.4) is 0 Å². The molecule has 17 heavy (non-hydrogen) atoms. The van der Waals surface area contributed by atoms with E-state index in [1.807, 2.05) is 0 Å². The highest BCUT2D eigenvalue weighted by molar-refractivity contribution is 7.89. The van der Waals surface area contributed by atoms with Gasteiger partial charge in [0.1, 0.15) is 10.7 Å². The minimum atomic E-state index is -3.66. The minimum absolute atomic E-state index is 0.0322. The van der Waals surface area contributed by atoms with Gasteiger partial charge in [0, 0.05) is 18.8 Å². The average molecular weight is 256 g/mol. The maximum Gasteiger partial charge on any atom is 0.239 e. The molecular formula is C10H16N4O2S. The number of hydrogen-bond donors (Lipinski definition) is 3. The average Bonchev–Trinajstić information content (AvgIpc) is 2.30. The molecule has 0 aliphatic carbocycles. The Bertz CT molecular complexity index is 466. The van der Waals surface area contributed by atoms with Crippen LogP contribution in [0.4, 0.5) is 5.82 Å². The molecule has 1 atom stereocenters. The number of anilines is 1. The first kappa shape index (κ1) is 12.3. The van der Waals surface area contributed by atoms with E-state index < -0.39 is 10.0 Å². The summed E-state index contributed by atoms with van der Waals surface area (Å²) in [5, 5.41) is 11.5. The Hall–Kier alpha value is -1.18. The molecule has 0 bridgehead atoms. The summed E-state index contributed by atoms with van der Waals surface area (Å²) in [4.78, 5) is 4.07. The molecule has 6 nitrogen and oxygen atoms in total. The van der Waals surface area contributed by atoms with Crippen LogP contribution in [0.25, 0.3) is 0 Å². The zero-order chi connectivity index (χ0) is 12.3. The molecular weight excluding hydrogens is 240 g/mol. The Kier molecular flexibility index (Phi) is 3.60. The lowest BCUT2D eigenvalue weighted by atomic mass is 10.1. The molecule has 1 saturated heterocycles. The Labute approximate surface area is 101 Å². The predicted octanol–water partition coefficient (Wildman–Crippen LogP) is -0.107. The maximum atomic E-state index is 11.0. The minimum Gasteiger partial charge on any atom is -0.366 e. The first-order chi connectivity index (χ1) is 8.05. The van der Waals surface area contributed by atoms with Crippen LogP contribution in [0.5, 0.6) is 0 Å². The second-order valence-electron chi connectivity index (χ2n) is 4.11. The highest BCUT2D eigenvalue weighted by atomic mass is 32.2. The fourth-order valence-corrected chi connectivity index (χ4v) is 2.28. The van der Waals surface area contributed by atoms with E-state index in [9.17, 15) is 8.42 Å². The summed E-state index contributed by atoms with van der Waals surface area (Å²) in [5.41, 5.74) is 0. The van der Waals surface area contributed by atoms with Crippen molar-refractivity contribution in [2.24, 2.45) is 5.14 Å². The molecule has 0 spiro atoms. The van der Waals surface area contributed by atoms with E-state index in [-0.39, 0.29) is 4.90 Å². The summed E-state index contributed by atoms with van der Waals surface area (Å²) in [6, 6.07) is 3.44. The van der Waals surface area contributed by atoms with E-state index >= 15 is 0 Å². The molecule has 0 amide bonds. The lowest BCUT2D eigenvalue weighted by molar-refractivity contribution is 0.479. The van der Waals surface area contributed by atoms with E-state index in [1.54, 1.807) is 6.07 Å². The third-order valence-electron chi connectivity index (χ3n) is 2.71. The first-order valence-electron chi connectivity index (χ1n) is 5.52. The monoisotopic (exact) mass is 256 g/mol. The van der Waals surface area contributed by atoms with Crippen molar-refractivity contribution >= 4 is 15.8 Å². The highest BCUT2D eigenvalue weighted by Gasteiger charge is 2.13. The second-order valence-corrected chi connectivity index (χ2v) is 5.67. The molecule has 0 aromatic carbocycles. The Balaban J connectivity index is 2.03. The van der Waals surface area contributed by atoms with Gasteiger partial charge in [-0.05, 0) is 31.5 Å². The Morgan fingerprint density at radius 3 is 2.82 bits per heavy atom. The summed E-state index contributed by atoms with van der Waals surface area (Å²) in [6.45, 7) is 1.95. The summed E-state index contributed by atoms with van der Waals surface area (Å²) in [6.07, 6.45) is 3.49. The van der Waals surface area contributed by atoms with Gasteiger partial charge in [-0.25, -0.2) is 18.5 Å². The molecule has 0 radical (unpaired) electrons. The summed E-state index contributed by atoms with van der Waals surface area (Å²) >= 11 is 0. The molecule has 7 heteroatoms. The van der Waals surface area contributed by atoms with Gasteiger partial charge in [-0.1, -0.05) is 0 Å². The Morgan fingerprint density at radius 1 is 1.47 bits per heavy atom. The largest absolute Gasteiger partial charge is 0.366 e. The fraction of sp³-hybridized carbons (Fsp3) is 0.500. The van der Waals surface area contributed by atoms with Crippen LogP contribution in [-0.4, -0.2) is 32.5 Å². The van der Waals surface area contributed by atoms with Crippen molar-refractivity contribution in [2.45, 2.75) is 23.8 Å². The van der Waals surface area contributed by atoms with Gasteiger partial charge in [-0.2, -0.15) is 0 Å². The zero-order valence-corrected chi connectivity index (χ0v) is 10.2. The number of rotatable bonds is 3. The lowest BCUT2D eigenvalue weighted by Crippen LogP contribution is -2.38. The number of pyridine rings is 1. The van der Waals surface area contributed by atoms with Crippen LogP contribution in [0.1, 0.15) is 12.8 Å². The quantitative estimate of drug-likeness (QED) is 0.701. The van der Waals surface area contributed by atoms with E-state index in [0.29, 0.717) is 11.9 Å². The first-order valence-corrected chi connectivity index (χ1v) is 7.06. The maximum absolute atomic E-state index is 11.0. The van der Waals surface area contributed by atoms with Gasteiger partial charge in [-0.15, -0.1) is 0 Å². The number of primary sulfonamides is 1. The van der Waals surface area contributed by atoms with Crippen LogP contribution in [-0.2, 0) is 10.0 Å². The molecule has 1 unspecified atom stereocenters. The van der Waals surface area contributed by atoms with E-state index in [4.69, 9.17) is 5.14 Å². The summed E-state index contributed by atoms with van der Waals surface area (Å²) in [7, 11) is -3.66. The standard InChI is InChI=1S/C10H16N4O2S/c11-17(15,16)9-3-4-10(13-7-9)14-8-2-1-5-12-6-8/h3-4,7-8,12H,1-2,5-6H2,(H,13,14)(H2,11,15,16). The molecule has 1 aliphatic rings. The van der Waals surface area contributed by atoms with Crippen molar-refractivity contribution in [3.63, 3.8) is 0 Å². The van der Waals surface area contributed by atoms with E-state index in [2.05, 4.69) is 15.6 Å². The molecule has 2 heterocycles. The van der Waals surface area contributed by atoms with Gasteiger partial charge in [0.2, 0.25) is 10.0 Å². The third-order valence-corrected chi connectivity index (χ3v) is 3.61. The van der Waals surface area contributed by atoms with Gasteiger partial charge >= 0.3 is 0 Å². The molecule has 94 valence electrons. The van der Waals surface area contributed by atoms with Crippen molar-refractivity contribution in [2.75, 3.05) is 18.4 Å². The second kappa shape index (κ2) is 4.99. The van der Waals surface area contributed by atoms with Crippen molar-refractivity contribution < 1.29 is 8.42 Å². The van der Waals surface area contributed by atoms with E-state index in [0.717, 1.165) is 25.9 Å². The van der Waals surface area contributed by atoms with Crippen LogP contribution in [0.2, 0.25) is 0 Å². The number of nitrogens with zero attached hydrogens (tertiary/aromatic N) is 1. The number of nitrogens with two attached hydrogens (primary N) is 1. The summed E-state index contributed by atoms with van der Waals surface area (Å²) in [5.74, 6) is 0.672. The fourth-order valence-electron chi connectivity index (χ4n) is 1.82. The number of piperidine rings is 1. The molecule has 0 saturated carbocycles. The van der Waals surface area contributed by atoms with Crippen LogP contribution in [0.15, 0.2) is 23.2 Å². The number of aromatic nitrogens is 1. The van der Waals surface area contributed by atoms with Crippen LogP contribution < -0.4 is 15.8 Å². The smallest absolute Gasteiger partial charge is 0.239 e. The number of nitrogens with one attached hydrogen (secondary N) is 2. The topological polar surface area (TPSA) is 97.1 Å². The van der Waals surface area contributed by atoms with Crippen molar-refractivity contribution in [3.05, 3.63) is 18.3 Å². The summed E-state index contributed by atoms with van der Waals surface area (Å²) < 4.78 is 22.1. The van der Waals surface area contributed by atoms with Crippen molar-refractivity contribution in [1.82, 2.24) is 10.3 Å². The molecule has 1 aromatic rings. The molecule has 1 aliphatic heterocycles. The van der Waals surface area contributed by atoms with Gasteiger partial charge in [-0.3, -0.25) is 0 Å². The predicted molar refractivity (Wildman–Crippen MR) is 65.1 cm³/mol. The normalized spacial score (nSPS) is 21.1. The van der Waals surface area contributed by atoms with Crippen molar-refractivity contribution in [3.8, 4) is 0 Å². The molecule has 1 aromatic heterocycles. The van der Waals surface area contributed by atoms with E-state index in [1.165, 1.54) is 12.3 Å². The molecule has 4 N–H and O–H groups in total. The van der Waals surface area contributed by atoms with Gasteiger partial charge in [0.05, 0.1) is 0 Å². The van der Waals surface area contributed by atoms with Crippen LogP contribution >= 0.6 is 0 Å². The Morgan fingerprint density at radius 2 is 2.29 bits per heavy atom. The SMILES string of the molecule is NS(=O)(=O)c1ccc(NC2CCCNC2)nc1. The zero-order valence-electron chi connectivity index (χ0n) is 9.39. The highest BCUT2D eigenvalue weighted by Crippen LogP contribution is 2.12. The van der Waals surface area contributed by atoms with Crippen molar-refractivity contribution in [1.29, 1.82) is 0 Å². The number of sulfonamides is 1. The molecule has 2 rings (SSSR count). The number of hydrogen-bond acceptors (Lipinski definition) is 5. The third kappa shape index (κ3) is 3.39. The van der Waals surface area contributed by atoms with Gasteiger partial charge in [0.15, 0.2) is 0 Å². The van der Waals surface area contributed by atoms with Crippen LogP contribution in [0, 0.1) is 0 Å².